The number of thioether (sulfide) groups is 1. The van der Waals surface area contributed by atoms with E-state index in [2.05, 4.69) is 39.2 Å². The van der Waals surface area contributed by atoms with Gasteiger partial charge in [0.15, 0.2) is 5.78 Å². The van der Waals surface area contributed by atoms with Crippen LogP contribution in [0.4, 0.5) is 0 Å². The summed E-state index contributed by atoms with van der Waals surface area (Å²) in [5.41, 5.74) is 1.81. The average molecular weight is 471 g/mol. The molecular weight excluding hydrogens is 436 g/mol. The van der Waals surface area contributed by atoms with E-state index in [1.54, 1.807) is 32.1 Å². The third-order valence-electron chi connectivity index (χ3n) is 7.93. The molecule has 5 rings (SSSR count). The Bertz CT molecular complexity index is 962. The fourth-order valence-electron chi connectivity index (χ4n) is 5.89. The van der Waals surface area contributed by atoms with Gasteiger partial charge >= 0.3 is 0 Å². The van der Waals surface area contributed by atoms with Crippen LogP contribution in [-0.4, -0.2) is 66.7 Å². The molecule has 4 atom stereocenters. The summed E-state index contributed by atoms with van der Waals surface area (Å²) < 4.78 is 11.6. The van der Waals surface area contributed by atoms with E-state index in [-0.39, 0.29) is 16.8 Å². The number of rotatable bonds is 9. The first-order valence-corrected chi connectivity index (χ1v) is 13.1. The highest BCUT2D eigenvalue weighted by Crippen LogP contribution is 2.59. The van der Waals surface area contributed by atoms with Crippen LogP contribution >= 0.6 is 11.8 Å². The van der Waals surface area contributed by atoms with Crippen LogP contribution in [0.25, 0.3) is 0 Å². The number of piperidine rings is 1. The monoisotopic (exact) mass is 470 g/mol. The highest BCUT2D eigenvalue weighted by atomic mass is 32.2. The zero-order valence-corrected chi connectivity index (χ0v) is 20.7. The average Bonchev–Trinajstić information content (AvgIpc) is 3.14. The predicted molar refractivity (Wildman–Crippen MR) is 131 cm³/mol. The largest absolute Gasteiger partial charge is 0.496 e. The molecule has 178 valence electrons. The molecule has 3 fully saturated rings. The number of Topliss-reactive ketones (excluding diaryl/α,β-unsaturated/α-hetero) is 1. The van der Waals surface area contributed by atoms with Gasteiger partial charge in [-0.15, -0.1) is 22.0 Å². The molecule has 0 spiro atoms. The zero-order valence-electron chi connectivity index (χ0n) is 19.9. The highest BCUT2D eigenvalue weighted by molar-refractivity contribution is 8.00. The topological polar surface area (TPSA) is 75.8 Å². The van der Waals surface area contributed by atoms with Crippen LogP contribution in [0.15, 0.2) is 33.4 Å². The second-order valence-corrected chi connectivity index (χ2v) is 11.3. The molecular formula is C25H34N4O3S. The van der Waals surface area contributed by atoms with Crippen LogP contribution in [0.1, 0.15) is 61.9 Å². The summed E-state index contributed by atoms with van der Waals surface area (Å²) in [6.45, 7) is 7.80. The molecule has 2 saturated heterocycles. The van der Waals surface area contributed by atoms with E-state index in [9.17, 15) is 4.79 Å². The molecule has 0 bridgehead atoms. The Kier molecular flexibility index (Phi) is 6.12. The lowest BCUT2D eigenvalue weighted by Gasteiger charge is -2.42. The quantitative estimate of drug-likeness (QED) is 0.386. The molecule has 4 unspecified atom stereocenters. The maximum Gasteiger partial charge on any atom is 0.247 e. The van der Waals surface area contributed by atoms with E-state index < -0.39 is 4.99 Å². The highest BCUT2D eigenvalue weighted by Gasteiger charge is 2.60. The molecule has 1 saturated carbocycles. The first kappa shape index (κ1) is 23.0. The van der Waals surface area contributed by atoms with Crippen molar-refractivity contribution in [1.82, 2.24) is 4.90 Å². The molecule has 0 radical (unpaired) electrons. The number of hydrogen-bond acceptors (Lipinski definition) is 8. The predicted octanol–water partition coefficient (Wildman–Crippen LogP) is 4.70. The number of hydrogen-bond donors (Lipinski definition) is 0. The van der Waals surface area contributed by atoms with Crippen molar-refractivity contribution >= 4 is 23.9 Å². The van der Waals surface area contributed by atoms with Crippen LogP contribution in [0.3, 0.4) is 0 Å². The van der Waals surface area contributed by atoms with E-state index in [0.717, 1.165) is 57.7 Å². The Balaban J connectivity index is 1.17. The Morgan fingerprint density at radius 3 is 2.94 bits per heavy atom. The summed E-state index contributed by atoms with van der Waals surface area (Å²) in [7, 11) is 1.62. The molecule has 1 aromatic rings. The minimum atomic E-state index is -0.631. The van der Waals surface area contributed by atoms with Crippen LogP contribution < -0.4 is 4.74 Å². The summed E-state index contributed by atoms with van der Waals surface area (Å²) in [5.74, 6) is 2.39. The normalized spacial score (nSPS) is 35.1. The zero-order chi connectivity index (χ0) is 23.1. The molecule has 0 amide bonds. The van der Waals surface area contributed by atoms with Gasteiger partial charge in [-0.05, 0) is 81.9 Å². The maximum absolute atomic E-state index is 12.1. The summed E-state index contributed by atoms with van der Waals surface area (Å²) >= 11 is 1.78. The summed E-state index contributed by atoms with van der Waals surface area (Å²) in [5, 5.41) is 8.62. The number of aliphatic imine (C=N–C) groups is 1. The van der Waals surface area contributed by atoms with E-state index in [4.69, 9.17) is 9.47 Å². The van der Waals surface area contributed by atoms with E-state index in [1.807, 2.05) is 6.07 Å². The number of methoxy groups -OCH3 is 1. The molecule has 0 aromatic heterocycles. The second kappa shape index (κ2) is 8.78. The van der Waals surface area contributed by atoms with Gasteiger partial charge in [-0.25, -0.2) is 4.99 Å². The lowest BCUT2D eigenvalue weighted by atomic mass is 9.92. The molecule has 0 N–H and O–H groups in total. The third kappa shape index (κ3) is 4.04. The molecule has 33 heavy (non-hydrogen) atoms. The first-order valence-electron chi connectivity index (χ1n) is 12.1. The Morgan fingerprint density at radius 1 is 1.36 bits per heavy atom. The van der Waals surface area contributed by atoms with Crippen molar-refractivity contribution in [3.05, 3.63) is 29.3 Å². The van der Waals surface area contributed by atoms with Crippen molar-refractivity contribution < 1.29 is 14.3 Å². The number of likely N-dealkylation sites (tertiary alicyclic amines) is 1. The maximum atomic E-state index is 12.1. The Labute approximate surface area is 200 Å². The van der Waals surface area contributed by atoms with E-state index in [1.165, 1.54) is 12.0 Å². The van der Waals surface area contributed by atoms with Gasteiger partial charge in [-0.2, -0.15) is 0 Å². The minimum absolute atomic E-state index is 0.0606. The lowest BCUT2D eigenvalue weighted by molar-refractivity contribution is -0.0875. The van der Waals surface area contributed by atoms with Crippen molar-refractivity contribution in [2.45, 2.75) is 62.0 Å². The number of fused-ring (bicyclic) bond motifs is 1. The number of nitrogens with zero attached hydrogens (tertiary/aromatic N) is 4. The number of ether oxygens (including phenoxy) is 2. The Hall–Kier alpha value is -1.77. The number of carbonyl (C=O) groups is 1. The van der Waals surface area contributed by atoms with Gasteiger partial charge < -0.3 is 14.4 Å². The van der Waals surface area contributed by atoms with Gasteiger partial charge in [0.2, 0.25) is 4.99 Å². The van der Waals surface area contributed by atoms with E-state index in [0.29, 0.717) is 17.2 Å². The van der Waals surface area contributed by atoms with Crippen LogP contribution in [0, 0.1) is 5.92 Å². The van der Waals surface area contributed by atoms with Crippen molar-refractivity contribution in [1.29, 1.82) is 0 Å². The minimum Gasteiger partial charge on any atom is -0.496 e. The number of azo groups is 1. The van der Waals surface area contributed by atoms with Gasteiger partial charge in [-0.3, -0.25) is 4.79 Å². The summed E-state index contributed by atoms with van der Waals surface area (Å²) in [4.78, 5) is 18.7. The van der Waals surface area contributed by atoms with Crippen molar-refractivity contribution in [3.8, 4) is 5.75 Å². The molecule has 3 heterocycles. The standard InChI is InChI=1S/C25H34N4O3S/c1-18(30)21-13-19(7-8-22(21)31-3)24-14-20(24)15-29(16-24)10-6-12-33-25(26-17-27-28-25)23(2)9-4-5-11-32-23/h7-8,13,17,20H,4-6,9-12,14-16H2,1-3H3. The summed E-state index contributed by atoms with van der Waals surface area (Å²) in [6, 6.07) is 6.18. The van der Waals surface area contributed by atoms with Crippen molar-refractivity contribution in [2.75, 3.05) is 39.1 Å². The lowest BCUT2D eigenvalue weighted by Crippen LogP contribution is -2.50. The van der Waals surface area contributed by atoms with Gasteiger partial charge in [0.25, 0.3) is 0 Å². The third-order valence-corrected chi connectivity index (χ3v) is 9.44. The van der Waals surface area contributed by atoms with E-state index >= 15 is 0 Å². The number of carbonyl (C=O) groups excluding carboxylic acids is 1. The van der Waals surface area contributed by atoms with Crippen molar-refractivity contribution in [3.63, 3.8) is 0 Å². The SMILES string of the molecule is COc1ccc(C23CC2CN(CCCSC2(C4(C)CCCCO4)N=CN=N2)C3)cc1C(C)=O. The summed E-state index contributed by atoms with van der Waals surface area (Å²) in [6.07, 6.45) is 7.11. The van der Waals surface area contributed by atoms with Crippen LogP contribution in [0.5, 0.6) is 5.75 Å². The smallest absolute Gasteiger partial charge is 0.247 e. The van der Waals surface area contributed by atoms with Gasteiger partial charge in [0.1, 0.15) is 17.7 Å². The van der Waals surface area contributed by atoms with Crippen LogP contribution in [0.2, 0.25) is 0 Å². The number of benzene rings is 1. The van der Waals surface area contributed by atoms with Crippen molar-refractivity contribution in [2.24, 2.45) is 21.1 Å². The number of ketones is 1. The fourth-order valence-corrected chi connectivity index (χ4v) is 7.14. The molecule has 3 aliphatic heterocycles. The van der Waals surface area contributed by atoms with Gasteiger partial charge in [0.05, 0.1) is 12.7 Å². The first-order chi connectivity index (χ1) is 15.9. The molecule has 1 aromatic carbocycles. The second-order valence-electron chi connectivity index (χ2n) is 10.1. The molecule has 4 aliphatic rings. The molecule has 1 aliphatic carbocycles. The van der Waals surface area contributed by atoms with Gasteiger partial charge in [0, 0.05) is 25.1 Å². The fraction of sp³-hybridized carbons (Fsp3) is 0.680. The van der Waals surface area contributed by atoms with Crippen LogP contribution in [-0.2, 0) is 10.2 Å². The van der Waals surface area contributed by atoms with Gasteiger partial charge in [-0.1, -0.05) is 6.07 Å². The Morgan fingerprint density at radius 2 is 2.24 bits per heavy atom. The molecule has 8 heteroatoms. The molecule has 7 nitrogen and oxygen atoms in total.